The summed E-state index contributed by atoms with van der Waals surface area (Å²) in [5, 5.41) is 0. The SMILES string of the molecule is CCCCCCC[P]Cc1ccccc1. The summed E-state index contributed by atoms with van der Waals surface area (Å²) in [5.41, 5.74) is 1.48. The van der Waals surface area contributed by atoms with Crippen LogP contribution >= 0.6 is 8.58 Å². The zero-order valence-corrected chi connectivity index (χ0v) is 10.7. The van der Waals surface area contributed by atoms with Gasteiger partial charge >= 0.3 is 0 Å². The van der Waals surface area contributed by atoms with Gasteiger partial charge in [0, 0.05) is 0 Å². The minimum atomic E-state index is 1.23. The van der Waals surface area contributed by atoms with Crippen molar-refractivity contribution in [1.29, 1.82) is 0 Å². The van der Waals surface area contributed by atoms with Crippen molar-refractivity contribution in [3.8, 4) is 0 Å². The van der Waals surface area contributed by atoms with Crippen LogP contribution in [0.1, 0.15) is 44.6 Å². The predicted molar refractivity (Wildman–Crippen MR) is 70.7 cm³/mol. The number of rotatable bonds is 8. The van der Waals surface area contributed by atoms with Gasteiger partial charge in [-0.15, -0.1) is 0 Å². The van der Waals surface area contributed by atoms with Crippen LogP contribution in [0.25, 0.3) is 0 Å². The summed E-state index contributed by atoms with van der Waals surface area (Å²) in [6.07, 6.45) is 9.63. The van der Waals surface area contributed by atoms with Crippen LogP contribution in [0.4, 0.5) is 0 Å². The van der Waals surface area contributed by atoms with Gasteiger partial charge in [-0.05, 0) is 24.3 Å². The third-order valence-electron chi connectivity index (χ3n) is 2.56. The summed E-state index contributed by atoms with van der Waals surface area (Å²) >= 11 is 0. The van der Waals surface area contributed by atoms with Gasteiger partial charge in [0.2, 0.25) is 0 Å². The van der Waals surface area contributed by atoms with Crippen molar-refractivity contribution in [2.75, 3.05) is 6.16 Å². The second-order valence-corrected chi connectivity index (χ2v) is 5.22. The maximum atomic E-state index is 2.27. The second kappa shape index (κ2) is 8.92. The van der Waals surface area contributed by atoms with Crippen LogP contribution in [0.2, 0.25) is 0 Å². The maximum absolute atomic E-state index is 2.27. The Kier molecular flexibility index (Phi) is 7.56. The molecule has 0 bridgehead atoms. The first kappa shape index (κ1) is 12.7. The molecule has 0 saturated heterocycles. The lowest BCUT2D eigenvalue weighted by Crippen LogP contribution is -1.82. The summed E-state index contributed by atoms with van der Waals surface area (Å²) in [4.78, 5) is 0. The highest BCUT2D eigenvalue weighted by Gasteiger charge is 1.93. The van der Waals surface area contributed by atoms with Gasteiger partial charge in [-0.25, -0.2) is 0 Å². The third-order valence-corrected chi connectivity index (χ3v) is 3.78. The van der Waals surface area contributed by atoms with Crippen LogP contribution in [0.5, 0.6) is 0 Å². The lowest BCUT2D eigenvalue weighted by Gasteiger charge is -2.01. The molecule has 83 valence electrons. The van der Waals surface area contributed by atoms with E-state index in [-0.39, 0.29) is 0 Å². The quantitative estimate of drug-likeness (QED) is 0.423. The molecule has 1 rings (SSSR count). The van der Waals surface area contributed by atoms with E-state index in [0.717, 1.165) is 0 Å². The summed E-state index contributed by atoms with van der Waals surface area (Å²) in [5.74, 6) is 0. The molecule has 0 spiro atoms. The van der Waals surface area contributed by atoms with Gasteiger partial charge in [0.15, 0.2) is 0 Å². The van der Waals surface area contributed by atoms with E-state index in [9.17, 15) is 0 Å². The molecule has 0 N–H and O–H groups in total. The number of hydrogen-bond donors (Lipinski definition) is 0. The van der Waals surface area contributed by atoms with Gasteiger partial charge < -0.3 is 0 Å². The molecular formula is C14H22P. The van der Waals surface area contributed by atoms with Crippen LogP contribution < -0.4 is 0 Å². The van der Waals surface area contributed by atoms with E-state index in [0.29, 0.717) is 0 Å². The van der Waals surface area contributed by atoms with E-state index < -0.39 is 0 Å². The average Bonchev–Trinajstić information content (AvgIpc) is 2.29. The highest BCUT2D eigenvalue weighted by atomic mass is 31.1. The van der Waals surface area contributed by atoms with Crippen molar-refractivity contribution in [2.24, 2.45) is 0 Å². The standard InChI is InChI=1S/C14H22P/c1-2-3-4-5-9-12-15-13-14-10-7-6-8-11-14/h6-8,10-11H,2-5,9,12-13H2,1H3. The molecule has 15 heavy (non-hydrogen) atoms. The molecule has 0 saturated carbocycles. The van der Waals surface area contributed by atoms with Crippen LogP contribution in [-0.2, 0) is 6.16 Å². The fourth-order valence-corrected chi connectivity index (χ4v) is 2.69. The van der Waals surface area contributed by atoms with Gasteiger partial charge in [0.1, 0.15) is 0 Å². The monoisotopic (exact) mass is 221 g/mol. The van der Waals surface area contributed by atoms with Crippen LogP contribution in [0.15, 0.2) is 30.3 Å². The van der Waals surface area contributed by atoms with Crippen molar-refractivity contribution >= 4 is 8.58 Å². The summed E-state index contributed by atoms with van der Waals surface area (Å²) in [6.45, 7) is 2.27. The zero-order valence-electron chi connectivity index (χ0n) is 9.78. The summed E-state index contributed by atoms with van der Waals surface area (Å²) < 4.78 is 0. The number of benzene rings is 1. The molecule has 1 aromatic rings. The molecule has 1 radical (unpaired) electrons. The Balaban J connectivity index is 1.93. The molecule has 0 amide bonds. The average molecular weight is 221 g/mol. The third kappa shape index (κ3) is 6.68. The maximum Gasteiger partial charge on any atom is -0.00342 e. The van der Waals surface area contributed by atoms with Gasteiger partial charge in [0.05, 0.1) is 0 Å². The van der Waals surface area contributed by atoms with E-state index in [1.165, 1.54) is 50.0 Å². The van der Waals surface area contributed by atoms with Crippen molar-refractivity contribution < 1.29 is 0 Å². The van der Waals surface area contributed by atoms with Crippen LogP contribution in [0.3, 0.4) is 0 Å². The van der Waals surface area contributed by atoms with Crippen LogP contribution in [0, 0.1) is 0 Å². The minimum Gasteiger partial charge on any atom is -0.0762 e. The molecule has 0 heterocycles. The molecule has 0 aliphatic carbocycles. The van der Waals surface area contributed by atoms with Crippen molar-refractivity contribution in [1.82, 2.24) is 0 Å². The van der Waals surface area contributed by atoms with Crippen molar-refractivity contribution in [3.05, 3.63) is 35.9 Å². The van der Waals surface area contributed by atoms with E-state index in [2.05, 4.69) is 37.3 Å². The summed E-state index contributed by atoms with van der Waals surface area (Å²) in [6, 6.07) is 10.8. The molecule has 0 fully saturated rings. The Morgan fingerprint density at radius 2 is 1.67 bits per heavy atom. The lowest BCUT2D eigenvalue weighted by atomic mass is 10.2. The molecule has 1 heteroatoms. The Hall–Kier alpha value is -0.350. The minimum absolute atomic E-state index is 1.23. The first-order chi connectivity index (χ1) is 7.43. The number of unbranched alkanes of at least 4 members (excludes halogenated alkanes) is 4. The highest BCUT2D eigenvalue weighted by Crippen LogP contribution is 2.20. The summed E-state index contributed by atoms with van der Waals surface area (Å²) in [7, 11) is 1.59. The first-order valence-corrected chi connectivity index (χ1v) is 7.37. The van der Waals surface area contributed by atoms with E-state index in [4.69, 9.17) is 0 Å². The molecule has 0 aliphatic rings. The van der Waals surface area contributed by atoms with Crippen LogP contribution in [-0.4, -0.2) is 6.16 Å². The molecule has 0 atom stereocenters. The Labute approximate surface area is 96.3 Å². The zero-order chi connectivity index (χ0) is 10.8. The normalized spacial score (nSPS) is 11.3. The fraction of sp³-hybridized carbons (Fsp3) is 0.571. The largest absolute Gasteiger partial charge is 0.0762 e. The fourth-order valence-electron chi connectivity index (χ4n) is 1.62. The van der Waals surface area contributed by atoms with Gasteiger partial charge in [-0.3, -0.25) is 0 Å². The van der Waals surface area contributed by atoms with E-state index in [1.807, 2.05) is 0 Å². The molecule has 0 aliphatic heterocycles. The van der Waals surface area contributed by atoms with Crippen molar-refractivity contribution in [3.63, 3.8) is 0 Å². The highest BCUT2D eigenvalue weighted by molar-refractivity contribution is 7.37. The Morgan fingerprint density at radius 3 is 2.40 bits per heavy atom. The van der Waals surface area contributed by atoms with Crippen molar-refractivity contribution in [2.45, 2.75) is 45.2 Å². The Morgan fingerprint density at radius 1 is 0.933 bits per heavy atom. The van der Waals surface area contributed by atoms with Gasteiger partial charge in [-0.2, -0.15) is 0 Å². The Bertz CT molecular complexity index is 230. The van der Waals surface area contributed by atoms with E-state index in [1.54, 1.807) is 8.58 Å². The molecular weight excluding hydrogens is 199 g/mol. The molecule has 1 aromatic carbocycles. The van der Waals surface area contributed by atoms with E-state index >= 15 is 0 Å². The lowest BCUT2D eigenvalue weighted by molar-refractivity contribution is 0.659. The first-order valence-electron chi connectivity index (χ1n) is 6.10. The van der Waals surface area contributed by atoms with Gasteiger partial charge in [0.25, 0.3) is 0 Å². The molecule has 0 aromatic heterocycles. The topological polar surface area (TPSA) is 0 Å². The molecule has 0 unspecified atom stereocenters. The number of hydrogen-bond acceptors (Lipinski definition) is 0. The smallest absolute Gasteiger partial charge is 0.00342 e. The second-order valence-electron chi connectivity index (χ2n) is 4.01. The van der Waals surface area contributed by atoms with Gasteiger partial charge in [-0.1, -0.05) is 71.5 Å². The molecule has 0 nitrogen and oxygen atoms in total. The predicted octanol–water partition coefficient (Wildman–Crippen LogP) is 5.10.